The molecule has 1 atom stereocenters. The molecule has 0 aliphatic heterocycles. The van der Waals surface area contributed by atoms with E-state index in [0.29, 0.717) is 18.7 Å². The first-order valence-electron chi connectivity index (χ1n) is 12.0. The summed E-state index contributed by atoms with van der Waals surface area (Å²) in [5.74, 6) is 0.633. The lowest BCUT2D eigenvalue weighted by Crippen LogP contribution is -2.46. The van der Waals surface area contributed by atoms with E-state index >= 15 is 0 Å². The first-order valence-corrected chi connectivity index (χ1v) is 12.0. The summed E-state index contributed by atoms with van der Waals surface area (Å²) >= 11 is 0. The molecule has 0 fully saturated rings. The van der Waals surface area contributed by atoms with Crippen molar-refractivity contribution in [2.24, 2.45) is 0 Å². The number of nitrogens with zero attached hydrogens (tertiary/aromatic N) is 3. The molecule has 0 saturated heterocycles. The van der Waals surface area contributed by atoms with E-state index in [0.717, 1.165) is 36.4 Å². The number of likely N-dealkylation sites (N-methyl/N-ethyl adjacent to an activating group) is 2. The molecule has 0 bridgehead atoms. The normalized spacial score (nSPS) is 14.2. The second kappa shape index (κ2) is 12.3. The van der Waals surface area contributed by atoms with Gasteiger partial charge in [0.25, 0.3) is 0 Å². The van der Waals surface area contributed by atoms with Gasteiger partial charge in [-0.05, 0) is 67.3 Å². The number of hydrogen-bond acceptors (Lipinski definition) is 6. The van der Waals surface area contributed by atoms with Crippen LogP contribution in [0.2, 0.25) is 0 Å². The molecule has 8 heteroatoms. The van der Waals surface area contributed by atoms with Crippen LogP contribution in [-0.2, 0) is 22.4 Å². The van der Waals surface area contributed by atoms with E-state index in [-0.39, 0.29) is 30.9 Å². The van der Waals surface area contributed by atoms with E-state index < -0.39 is 0 Å². The fraction of sp³-hybridized carbons (Fsp3) is 0.444. The summed E-state index contributed by atoms with van der Waals surface area (Å²) < 4.78 is 5.31. The number of aryl methyl sites for hydroxylation is 1. The van der Waals surface area contributed by atoms with Gasteiger partial charge >= 0.3 is 0 Å². The number of anilines is 1. The number of hydrogen-bond donors (Lipinski definition) is 2. The zero-order valence-electron chi connectivity index (χ0n) is 21.1. The highest BCUT2D eigenvalue weighted by Crippen LogP contribution is 2.28. The third-order valence-electron chi connectivity index (χ3n) is 6.51. The summed E-state index contributed by atoms with van der Waals surface area (Å²) in [6, 6.07) is 13.6. The van der Waals surface area contributed by atoms with Gasteiger partial charge in [0.1, 0.15) is 5.75 Å². The van der Waals surface area contributed by atoms with E-state index in [4.69, 9.17) is 4.74 Å². The fourth-order valence-electron chi connectivity index (χ4n) is 4.39. The lowest BCUT2D eigenvalue weighted by atomic mass is 10.1. The van der Waals surface area contributed by atoms with Crippen molar-refractivity contribution in [2.45, 2.75) is 32.7 Å². The van der Waals surface area contributed by atoms with Crippen molar-refractivity contribution in [1.29, 1.82) is 5.26 Å². The first kappa shape index (κ1) is 26.2. The van der Waals surface area contributed by atoms with Gasteiger partial charge in [0.15, 0.2) is 0 Å². The standard InChI is InChI=1S/C27H35N5O3/c1-5-29-10-11-32(25-12-20(16-28)7-6-19(25)2)27(34)18-30-17-26(33)31(3)23-13-21-8-9-24(35-4)15-22(21)14-23/h6-9,12,15,23,29-30H,5,10-11,13-14,17-18H2,1-4H3. The van der Waals surface area contributed by atoms with Crippen molar-refractivity contribution in [1.82, 2.24) is 15.5 Å². The fourth-order valence-corrected chi connectivity index (χ4v) is 4.39. The molecule has 0 spiro atoms. The minimum atomic E-state index is -0.142. The molecule has 8 nitrogen and oxygen atoms in total. The summed E-state index contributed by atoms with van der Waals surface area (Å²) in [4.78, 5) is 29.4. The molecule has 0 aromatic heterocycles. The van der Waals surface area contributed by atoms with Crippen molar-refractivity contribution >= 4 is 17.5 Å². The monoisotopic (exact) mass is 477 g/mol. The molecule has 2 amide bonds. The minimum Gasteiger partial charge on any atom is -0.497 e. The Morgan fingerprint density at radius 3 is 2.54 bits per heavy atom. The highest BCUT2D eigenvalue weighted by molar-refractivity contribution is 5.96. The van der Waals surface area contributed by atoms with Gasteiger partial charge in [-0.1, -0.05) is 19.1 Å². The van der Waals surface area contributed by atoms with E-state index in [1.54, 1.807) is 29.0 Å². The largest absolute Gasteiger partial charge is 0.497 e. The predicted octanol–water partition coefficient (Wildman–Crippen LogP) is 2.03. The lowest BCUT2D eigenvalue weighted by Gasteiger charge is -2.26. The molecular formula is C27H35N5O3. The molecule has 1 unspecified atom stereocenters. The van der Waals surface area contributed by atoms with E-state index in [1.165, 1.54) is 11.1 Å². The Morgan fingerprint density at radius 2 is 1.83 bits per heavy atom. The molecule has 0 saturated carbocycles. The average Bonchev–Trinajstić information content (AvgIpc) is 3.30. The third kappa shape index (κ3) is 6.59. The molecule has 2 N–H and O–H groups in total. The minimum absolute atomic E-state index is 0.0318. The van der Waals surface area contributed by atoms with E-state index in [9.17, 15) is 14.9 Å². The molecule has 2 aromatic carbocycles. The summed E-state index contributed by atoms with van der Waals surface area (Å²) in [7, 11) is 3.47. The zero-order chi connectivity index (χ0) is 25.4. The molecule has 3 rings (SSSR count). The highest BCUT2D eigenvalue weighted by Gasteiger charge is 2.28. The summed E-state index contributed by atoms with van der Waals surface area (Å²) in [6.07, 6.45) is 1.60. The molecule has 35 heavy (non-hydrogen) atoms. The van der Waals surface area contributed by atoms with Gasteiger partial charge < -0.3 is 19.9 Å². The van der Waals surface area contributed by atoms with Gasteiger partial charge in [0, 0.05) is 31.9 Å². The summed E-state index contributed by atoms with van der Waals surface area (Å²) in [6.45, 7) is 5.95. The maximum atomic E-state index is 13.1. The third-order valence-corrected chi connectivity index (χ3v) is 6.51. The number of ether oxygens (including phenoxy) is 1. The number of fused-ring (bicyclic) bond motifs is 1. The van der Waals surface area contributed by atoms with Crippen LogP contribution < -0.4 is 20.3 Å². The van der Waals surface area contributed by atoms with Gasteiger partial charge in [-0.2, -0.15) is 5.26 Å². The number of amides is 2. The van der Waals surface area contributed by atoms with Crippen LogP contribution in [-0.4, -0.2) is 69.6 Å². The smallest absolute Gasteiger partial charge is 0.241 e. The highest BCUT2D eigenvalue weighted by atomic mass is 16.5. The SMILES string of the molecule is CCNCCN(C(=O)CNCC(=O)N(C)C1Cc2ccc(OC)cc2C1)c1cc(C#N)ccc1C. The molecule has 1 aliphatic carbocycles. The maximum absolute atomic E-state index is 13.1. The van der Waals surface area contributed by atoms with Gasteiger partial charge in [0.2, 0.25) is 11.8 Å². The molecule has 0 radical (unpaired) electrons. The van der Waals surface area contributed by atoms with Crippen molar-refractivity contribution < 1.29 is 14.3 Å². The van der Waals surface area contributed by atoms with Crippen molar-refractivity contribution in [3.63, 3.8) is 0 Å². The maximum Gasteiger partial charge on any atom is 0.241 e. The zero-order valence-corrected chi connectivity index (χ0v) is 21.1. The summed E-state index contributed by atoms with van der Waals surface area (Å²) in [5.41, 5.74) is 4.60. The average molecular weight is 478 g/mol. The Bertz CT molecular complexity index is 1090. The Hall–Kier alpha value is -3.41. The molecule has 186 valence electrons. The van der Waals surface area contributed by atoms with Crippen molar-refractivity contribution in [3.05, 3.63) is 58.7 Å². The Kier molecular flexibility index (Phi) is 9.24. The molecule has 0 heterocycles. The van der Waals surface area contributed by atoms with Gasteiger partial charge in [-0.25, -0.2) is 0 Å². The molecular weight excluding hydrogens is 442 g/mol. The summed E-state index contributed by atoms with van der Waals surface area (Å²) in [5, 5.41) is 15.6. The van der Waals surface area contributed by atoms with Crippen LogP contribution >= 0.6 is 0 Å². The van der Waals surface area contributed by atoms with Crippen LogP contribution in [0.1, 0.15) is 29.2 Å². The number of nitriles is 1. The number of benzene rings is 2. The second-order valence-corrected chi connectivity index (χ2v) is 8.82. The predicted molar refractivity (Wildman–Crippen MR) is 137 cm³/mol. The Labute approximate surface area is 207 Å². The van der Waals surface area contributed by atoms with Crippen molar-refractivity contribution in [3.8, 4) is 11.8 Å². The molecule has 2 aromatic rings. The second-order valence-electron chi connectivity index (χ2n) is 8.82. The number of methoxy groups -OCH3 is 1. The topological polar surface area (TPSA) is 97.7 Å². The van der Waals surface area contributed by atoms with Crippen LogP contribution in [0.25, 0.3) is 0 Å². The van der Waals surface area contributed by atoms with Gasteiger partial charge in [-0.15, -0.1) is 0 Å². The van der Waals surface area contributed by atoms with Gasteiger partial charge in [-0.3, -0.25) is 14.9 Å². The lowest BCUT2D eigenvalue weighted by molar-refractivity contribution is -0.130. The van der Waals surface area contributed by atoms with Crippen LogP contribution in [0.3, 0.4) is 0 Å². The number of carbonyl (C=O) groups excluding carboxylic acids is 2. The van der Waals surface area contributed by atoms with Crippen LogP contribution in [0.5, 0.6) is 5.75 Å². The Balaban J connectivity index is 1.57. The van der Waals surface area contributed by atoms with E-state index in [2.05, 4.69) is 22.8 Å². The number of carbonyl (C=O) groups is 2. The quantitative estimate of drug-likeness (QED) is 0.481. The van der Waals surface area contributed by atoms with Crippen LogP contribution in [0.4, 0.5) is 5.69 Å². The molecule has 1 aliphatic rings. The number of nitrogens with one attached hydrogen (secondary N) is 2. The Morgan fingerprint density at radius 1 is 1.09 bits per heavy atom. The van der Waals surface area contributed by atoms with Gasteiger partial charge in [0.05, 0.1) is 31.8 Å². The van der Waals surface area contributed by atoms with Crippen molar-refractivity contribution in [2.75, 3.05) is 51.8 Å². The van der Waals surface area contributed by atoms with Crippen LogP contribution in [0, 0.1) is 18.3 Å². The van der Waals surface area contributed by atoms with E-state index in [1.807, 2.05) is 39.1 Å². The van der Waals surface area contributed by atoms with Crippen LogP contribution in [0.15, 0.2) is 36.4 Å². The number of rotatable bonds is 11. The first-order chi connectivity index (χ1) is 16.9.